The molecule has 6 aliphatic heterocycles. The number of benzene rings is 5. The van der Waals surface area contributed by atoms with Gasteiger partial charge in [-0.25, -0.2) is 0 Å². The van der Waals surface area contributed by atoms with Crippen LogP contribution in [0.3, 0.4) is 0 Å². The highest BCUT2D eigenvalue weighted by Crippen LogP contribution is 2.52. The van der Waals surface area contributed by atoms with Crippen molar-refractivity contribution in [3.8, 4) is 45.5 Å². The van der Waals surface area contributed by atoms with Gasteiger partial charge < -0.3 is 18.9 Å². The van der Waals surface area contributed by atoms with Crippen molar-refractivity contribution >= 4 is 32.6 Å². The number of nitrogens with zero attached hydrogens (tertiary/aromatic N) is 6. The summed E-state index contributed by atoms with van der Waals surface area (Å²) in [5, 5.41) is 14.1. The SMILES string of the molecule is CC[C@H]1CN2CC[C@H]1C[C@H]2[C@H](Oc1ccc2c(-c3ccccc3)nnc(-c3ccccc3)c2c1O[C@H](c1ccnc2ccc(OC)cc12)[C@@H]1C[C@@H]2CCN1C[C@@H]2CC)c1ccnc2ccc(OC)cc12. The summed E-state index contributed by atoms with van der Waals surface area (Å²) in [7, 11) is 3.46. The first-order chi connectivity index (χ1) is 34.5. The Labute approximate surface area is 411 Å². The smallest absolute Gasteiger partial charge is 0.172 e. The zero-order valence-corrected chi connectivity index (χ0v) is 40.7. The molecule has 4 bridgehead atoms. The maximum Gasteiger partial charge on any atom is 0.172 e. The van der Waals surface area contributed by atoms with E-state index in [0.717, 1.165) is 117 Å². The van der Waals surface area contributed by atoms with Crippen LogP contribution in [0.15, 0.2) is 134 Å². The Bertz CT molecular complexity index is 3170. The second-order valence-electron chi connectivity index (χ2n) is 20.1. The molecule has 70 heavy (non-hydrogen) atoms. The number of hydrogen-bond donors (Lipinski definition) is 0. The third kappa shape index (κ3) is 7.99. The topological polar surface area (TPSA) is 95.0 Å². The van der Waals surface area contributed by atoms with Gasteiger partial charge in [0.25, 0.3) is 0 Å². The molecule has 10 nitrogen and oxygen atoms in total. The van der Waals surface area contributed by atoms with Crippen molar-refractivity contribution in [1.82, 2.24) is 30.0 Å². The van der Waals surface area contributed by atoms with E-state index in [1.807, 2.05) is 36.7 Å². The minimum absolute atomic E-state index is 0.0867. The van der Waals surface area contributed by atoms with E-state index >= 15 is 0 Å². The van der Waals surface area contributed by atoms with Crippen LogP contribution in [-0.2, 0) is 0 Å². The summed E-state index contributed by atoms with van der Waals surface area (Å²) in [4.78, 5) is 15.2. The highest BCUT2D eigenvalue weighted by atomic mass is 16.5. The molecule has 6 saturated heterocycles. The number of pyridine rings is 2. The van der Waals surface area contributed by atoms with Crippen LogP contribution in [0, 0.1) is 23.7 Å². The van der Waals surface area contributed by atoms with Gasteiger partial charge in [0, 0.05) is 63.9 Å². The third-order valence-corrected chi connectivity index (χ3v) is 16.7. The summed E-state index contributed by atoms with van der Waals surface area (Å²) < 4.78 is 27.8. The lowest BCUT2D eigenvalue weighted by atomic mass is 9.72. The molecule has 10 atom stereocenters. The molecule has 0 amide bonds. The first kappa shape index (κ1) is 44.6. The minimum Gasteiger partial charge on any atom is -0.497 e. The van der Waals surface area contributed by atoms with Crippen molar-refractivity contribution in [2.24, 2.45) is 23.7 Å². The van der Waals surface area contributed by atoms with Gasteiger partial charge in [0.05, 0.1) is 42.7 Å². The maximum absolute atomic E-state index is 8.14. The van der Waals surface area contributed by atoms with Gasteiger partial charge in [-0.2, -0.15) is 0 Å². The standard InChI is InChI=1S/C60H62N6O4/c1-5-37-35-65-29-25-41(37)31-52(65)58(45-23-27-61-50-20-17-43(67-3)33-48(45)50)69-54-22-19-47-55(57(40-15-11-8-12-16-40)64-63-56(47)39-13-9-7-10-14-39)60(54)70-59(53-32-42-26-30-66(53)36-38(42)6-2)46-24-28-62-51-21-18-44(68-4)34-49(46)51/h7-24,27-28,33-34,37-38,41-42,52-53,58-59H,5-6,25-26,29-32,35-36H2,1-4H3/t37-,38-,41-,42-,52-,53-,58+,59+/m0/s1. The highest BCUT2D eigenvalue weighted by Gasteiger charge is 2.47. The average Bonchev–Trinajstić information content (AvgIpc) is 3.43. The molecule has 10 heteroatoms. The van der Waals surface area contributed by atoms with E-state index in [0.29, 0.717) is 35.2 Å². The fourth-order valence-electron chi connectivity index (χ4n) is 12.9. The van der Waals surface area contributed by atoms with Gasteiger partial charge in [0.1, 0.15) is 35.1 Å². The normalized spacial score (nSPS) is 24.7. The van der Waals surface area contributed by atoms with Crippen LogP contribution in [0.5, 0.6) is 23.0 Å². The van der Waals surface area contributed by atoms with E-state index in [4.69, 9.17) is 39.1 Å². The molecule has 0 N–H and O–H groups in total. The summed E-state index contributed by atoms with van der Waals surface area (Å²) in [6.45, 7) is 8.89. The Morgan fingerprint density at radius 1 is 0.557 bits per heavy atom. The van der Waals surface area contributed by atoms with Crippen LogP contribution in [-0.4, -0.2) is 82.4 Å². The Balaban J connectivity index is 1.12. The zero-order chi connectivity index (χ0) is 47.3. The Morgan fingerprint density at radius 2 is 1.07 bits per heavy atom. The predicted octanol–water partition coefficient (Wildman–Crippen LogP) is 12.6. The molecule has 356 valence electrons. The van der Waals surface area contributed by atoms with Crippen LogP contribution >= 0.6 is 0 Å². The summed E-state index contributed by atoms with van der Waals surface area (Å²) in [5.74, 6) is 5.48. The minimum atomic E-state index is -0.410. The number of fused-ring (bicyclic) bond motifs is 9. The van der Waals surface area contributed by atoms with Crippen LogP contribution in [0.1, 0.15) is 75.7 Å². The fraction of sp³-hybridized carbons (Fsp3) is 0.367. The number of piperidine rings is 6. The number of methoxy groups -OCH3 is 2. The molecule has 14 rings (SSSR count). The number of aromatic nitrogens is 4. The molecule has 2 unspecified atom stereocenters. The molecule has 9 heterocycles. The van der Waals surface area contributed by atoms with Crippen molar-refractivity contribution < 1.29 is 18.9 Å². The van der Waals surface area contributed by atoms with E-state index in [-0.39, 0.29) is 18.2 Å². The van der Waals surface area contributed by atoms with Gasteiger partial charge >= 0.3 is 0 Å². The monoisotopic (exact) mass is 930 g/mol. The summed E-state index contributed by atoms with van der Waals surface area (Å²) in [6.07, 6.45) is 9.94. The lowest BCUT2D eigenvalue weighted by Crippen LogP contribution is -2.56. The van der Waals surface area contributed by atoms with E-state index in [9.17, 15) is 0 Å². The second-order valence-corrected chi connectivity index (χ2v) is 20.1. The number of hydrogen-bond acceptors (Lipinski definition) is 10. The maximum atomic E-state index is 8.14. The molecule has 0 saturated carbocycles. The van der Waals surface area contributed by atoms with Crippen molar-refractivity contribution in [2.75, 3.05) is 40.4 Å². The van der Waals surface area contributed by atoms with Gasteiger partial charge in [-0.1, -0.05) is 87.4 Å². The molecule has 0 spiro atoms. The van der Waals surface area contributed by atoms with E-state index in [1.54, 1.807) is 14.2 Å². The van der Waals surface area contributed by atoms with Gasteiger partial charge in [-0.3, -0.25) is 19.8 Å². The molecular weight excluding hydrogens is 869 g/mol. The van der Waals surface area contributed by atoms with Gasteiger partial charge in [-0.05, 0) is 123 Å². The molecule has 3 aromatic heterocycles. The molecular formula is C60H62N6O4. The van der Waals surface area contributed by atoms with E-state index < -0.39 is 6.10 Å². The molecule has 6 aliphatic rings. The summed E-state index contributed by atoms with van der Waals surface area (Å²) in [5.41, 5.74) is 7.45. The van der Waals surface area contributed by atoms with Crippen molar-refractivity contribution in [1.29, 1.82) is 0 Å². The first-order valence-electron chi connectivity index (χ1n) is 25.6. The third-order valence-electron chi connectivity index (χ3n) is 16.7. The van der Waals surface area contributed by atoms with Crippen LogP contribution in [0.25, 0.3) is 55.1 Å². The Hall–Kier alpha value is -6.62. The summed E-state index contributed by atoms with van der Waals surface area (Å²) >= 11 is 0. The first-order valence-corrected chi connectivity index (χ1v) is 25.6. The average molecular weight is 931 g/mol. The number of rotatable bonds is 14. The molecule has 8 aromatic rings. The lowest BCUT2D eigenvalue weighted by Gasteiger charge is -2.52. The lowest BCUT2D eigenvalue weighted by molar-refractivity contribution is -0.0545. The number of ether oxygens (including phenoxy) is 4. The molecule has 6 fully saturated rings. The Kier molecular flexibility index (Phi) is 12.1. The second kappa shape index (κ2) is 18.9. The highest BCUT2D eigenvalue weighted by molar-refractivity contribution is 6.06. The van der Waals surface area contributed by atoms with Crippen molar-refractivity contribution in [2.45, 2.75) is 76.7 Å². The van der Waals surface area contributed by atoms with Gasteiger partial charge in [0.2, 0.25) is 0 Å². The van der Waals surface area contributed by atoms with Crippen LogP contribution in [0.2, 0.25) is 0 Å². The van der Waals surface area contributed by atoms with Crippen molar-refractivity contribution in [3.63, 3.8) is 0 Å². The van der Waals surface area contributed by atoms with Gasteiger partial charge in [0.15, 0.2) is 11.5 Å². The van der Waals surface area contributed by atoms with E-state index in [2.05, 4.69) is 121 Å². The largest absolute Gasteiger partial charge is 0.497 e. The quantitative estimate of drug-likeness (QED) is 0.105. The molecule has 0 radical (unpaired) electrons. The van der Waals surface area contributed by atoms with Crippen LogP contribution in [0.4, 0.5) is 0 Å². The molecule has 0 aliphatic carbocycles. The van der Waals surface area contributed by atoms with Crippen molar-refractivity contribution in [3.05, 3.63) is 145 Å². The predicted molar refractivity (Wildman–Crippen MR) is 277 cm³/mol. The zero-order valence-electron chi connectivity index (χ0n) is 40.7. The fourth-order valence-corrected chi connectivity index (χ4v) is 12.9. The van der Waals surface area contributed by atoms with Crippen LogP contribution < -0.4 is 18.9 Å². The Morgan fingerprint density at radius 3 is 1.57 bits per heavy atom. The van der Waals surface area contributed by atoms with Gasteiger partial charge in [-0.15, -0.1) is 10.2 Å². The molecule has 5 aromatic carbocycles. The summed E-state index contributed by atoms with van der Waals surface area (Å²) in [6, 6.07) is 42.1. The van der Waals surface area contributed by atoms with E-state index in [1.165, 1.54) is 25.7 Å².